The number of amides is 1. The van der Waals surface area contributed by atoms with E-state index >= 15 is 0 Å². The Bertz CT molecular complexity index is 776. The summed E-state index contributed by atoms with van der Waals surface area (Å²) in [6.07, 6.45) is 5.40. The van der Waals surface area contributed by atoms with Gasteiger partial charge >= 0.3 is 0 Å². The van der Waals surface area contributed by atoms with E-state index in [1.165, 1.54) is 30.5 Å². The van der Waals surface area contributed by atoms with Gasteiger partial charge in [-0.1, -0.05) is 29.8 Å². The number of pyridine rings is 1. The Labute approximate surface area is 166 Å². The zero-order valence-electron chi connectivity index (χ0n) is 16.0. The van der Waals surface area contributed by atoms with Crippen LogP contribution < -0.4 is 10.2 Å². The molecule has 5 nitrogen and oxygen atoms in total. The third-order valence-electron chi connectivity index (χ3n) is 5.17. The highest BCUT2D eigenvalue weighted by Crippen LogP contribution is 2.25. The van der Waals surface area contributed by atoms with Gasteiger partial charge in [0, 0.05) is 31.5 Å². The maximum Gasteiger partial charge on any atom is 0.241 e. The van der Waals surface area contributed by atoms with Gasteiger partial charge in [0.05, 0.1) is 11.7 Å². The average molecular weight is 387 g/mol. The van der Waals surface area contributed by atoms with Gasteiger partial charge in [-0.3, -0.25) is 9.69 Å². The Hall–Kier alpha value is -2.11. The topological polar surface area (TPSA) is 48.5 Å². The normalized spacial score (nSPS) is 15.6. The van der Waals surface area contributed by atoms with Crippen LogP contribution in [0.4, 0.5) is 11.4 Å². The molecule has 144 valence electrons. The van der Waals surface area contributed by atoms with E-state index < -0.39 is 0 Å². The number of hydrogen-bond donors (Lipinski definition) is 1. The molecule has 2 heterocycles. The number of para-hydroxylation sites is 1. The molecule has 1 amide bonds. The number of halogens is 1. The lowest BCUT2D eigenvalue weighted by Gasteiger charge is -2.32. The van der Waals surface area contributed by atoms with Crippen molar-refractivity contribution in [2.75, 3.05) is 30.4 Å². The lowest BCUT2D eigenvalue weighted by molar-refractivity contribution is -0.120. The summed E-state index contributed by atoms with van der Waals surface area (Å²) < 4.78 is 0. The third-order valence-corrected chi connectivity index (χ3v) is 5.47. The highest BCUT2D eigenvalue weighted by molar-refractivity contribution is 6.32. The number of piperidine rings is 1. The minimum atomic E-state index is -0.296. The Morgan fingerprint density at radius 3 is 2.70 bits per heavy atom. The van der Waals surface area contributed by atoms with Gasteiger partial charge in [-0.05, 0) is 57.0 Å². The second kappa shape index (κ2) is 9.20. The maximum atomic E-state index is 12.6. The molecule has 1 atom stereocenters. The Morgan fingerprint density at radius 2 is 1.96 bits per heavy atom. The molecular formula is C21H27ClN4O. The van der Waals surface area contributed by atoms with Crippen LogP contribution in [0.1, 0.15) is 31.7 Å². The number of aromatic nitrogens is 1. The van der Waals surface area contributed by atoms with Crippen LogP contribution in [0.5, 0.6) is 0 Å². The van der Waals surface area contributed by atoms with E-state index in [4.69, 9.17) is 11.6 Å². The molecule has 3 rings (SSSR count). The zero-order valence-corrected chi connectivity index (χ0v) is 16.7. The molecule has 0 unspecified atom stereocenters. The molecule has 1 aliphatic heterocycles. The third kappa shape index (κ3) is 4.99. The van der Waals surface area contributed by atoms with E-state index in [1.807, 2.05) is 14.0 Å². The van der Waals surface area contributed by atoms with Crippen molar-refractivity contribution < 1.29 is 4.79 Å². The smallest absolute Gasteiger partial charge is 0.241 e. The zero-order chi connectivity index (χ0) is 19.2. The summed E-state index contributed by atoms with van der Waals surface area (Å²) in [4.78, 5) is 21.2. The molecule has 0 radical (unpaired) electrons. The SMILES string of the molecule is C[C@H](C(=O)Nc1cccnc1Cl)N(C)Cc1ccccc1N1CCCCC1. The largest absolute Gasteiger partial charge is 0.371 e. The van der Waals surface area contributed by atoms with Crippen LogP contribution in [0.25, 0.3) is 0 Å². The Morgan fingerprint density at radius 1 is 1.22 bits per heavy atom. The number of likely N-dealkylation sites (N-methyl/N-ethyl adjacent to an activating group) is 1. The van der Waals surface area contributed by atoms with E-state index in [-0.39, 0.29) is 11.9 Å². The van der Waals surface area contributed by atoms with Crippen molar-refractivity contribution in [3.05, 3.63) is 53.3 Å². The maximum absolute atomic E-state index is 12.6. The van der Waals surface area contributed by atoms with Crippen molar-refractivity contribution in [1.82, 2.24) is 9.88 Å². The molecular weight excluding hydrogens is 360 g/mol. The predicted octanol–water partition coefficient (Wildman–Crippen LogP) is 4.18. The van der Waals surface area contributed by atoms with Crippen LogP contribution in [-0.2, 0) is 11.3 Å². The monoisotopic (exact) mass is 386 g/mol. The predicted molar refractivity (Wildman–Crippen MR) is 111 cm³/mol. The van der Waals surface area contributed by atoms with Gasteiger partial charge in [-0.15, -0.1) is 0 Å². The molecule has 0 aliphatic carbocycles. The van der Waals surface area contributed by atoms with E-state index in [1.54, 1.807) is 18.3 Å². The summed E-state index contributed by atoms with van der Waals surface area (Å²) >= 11 is 6.04. The van der Waals surface area contributed by atoms with E-state index in [0.717, 1.165) is 13.1 Å². The molecule has 0 spiro atoms. The van der Waals surface area contributed by atoms with Crippen LogP contribution in [0.15, 0.2) is 42.6 Å². The van der Waals surface area contributed by atoms with Gasteiger partial charge in [0.15, 0.2) is 5.15 Å². The number of rotatable bonds is 6. The number of nitrogens with zero attached hydrogens (tertiary/aromatic N) is 3. The van der Waals surface area contributed by atoms with Crippen LogP contribution >= 0.6 is 11.6 Å². The number of nitrogens with one attached hydrogen (secondary N) is 1. The molecule has 1 aromatic carbocycles. The van der Waals surface area contributed by atoms with Crippen LogP contribution in [0.2, 0.25) is 5.15 Å². The van der Waals surface area contributed by atoms with Crippen LogP contribution in [-0.4, -0.2) is 42.0 Å². The van der Waals surface area contributed by atoms with Gasteiger partial charge in [-0.25, -0.2) is 4.98 Å². The van der Waals surface area contributed by atoms with E-state index in [0.29, 0.717) is 17.4 Å². The molecule has 1 saturated heterocycles. The quantitative estimate of drug-likeness (QED) is 0.756. The molecule has 1 aromatic heterocycles. The summed E-state index contributed by atoms with van der Waals surface area (Å²) in [5, 5.41) is 3.17. The average Bonchev–Trinajstić information content (AvgIpc) is 2.70. The van der Waals surface area contributed by atoms with Gasteiger partial charge in [-0.2, -0.15) is 0 Å². The molecule has 1 fully saturated rings. The van der Waals surface area contributed by atoms with Crippen molar-refractivity contribution >= 4 is 28.9 Å². The minimum Gasteiger partial charge on any atom is -0.371 e. The number of carbonyl (C=O) groups excluding carboxylic acids is 1. The van der Waals surface area contributed by atoms with Crippen molar-refractivity contribution in [3.63, 3.8) is 0 Å². The van der Waals surface area contributed by atoms with E-state index in [2.05, 4.69) is 44.4 Å². The fourth-order valence-electron chi connectivity index (χ4n) is 3.41. The Kier molecular flexibility index (Phi) is 6.69. The van der Waals surface area contributed by atoms with Crippen LogP contribution in [0, 0.1) is 0 Å². The first-order valence-corrected chi connectivity index (χ1v) is 9.88. The first-order chi connectivity index (χ1) is 13.1. The fraction of sp³-hybridized carbons (Fsp3) is 0.429. The molecule has 1 aliphatic rings. The van der Waals surface area contributed by atoms with Crippen LogP contribution in [0.3, 0.4) is 0 Å². The highest BCUT2D eigenvalue weighted by Gasteiger charge is 2.21. The number of anilines is 2. The number of benzene rings is 1. The molecule has 0 bridgehead atoms. The summed E-state index contributed by atoms with van der Waals surface area (Å²) in [7, 11) is 1.97. The first kappa shape index (κ1) is 19.6. The molecule has 27 heavy (non-hydrogen) atoms. The molecule has 0 saturated carbocycles. The summed E-state index contributed by atoms with van der Waals surface area (Å²) in [6.45, 7) is 4.83. The molecule has 2 aromatic rings. The Balaban J connectivity index is 1.67. The van der Waals surface area contributed by atoms with Gasteiger partial charge in [0.2, 0.25) is 5.91 Å². The minimum absolute atomic E-state index is 0.0946. The summed E-state index contributed by atoms with van der Waals surface area (Å²) in [6, 6.07) is 11.7. The molecule has 6 heteroatoms. The lowest BCUT2D eigenvalue weighted by Crippen LogP contribution is -2.39. The van der Waals surface area contributed by atoms with Gasteiger partial charge in [0.25, 0.3) is 0 Å². The van der Waals surface area contributed by atoms with Crippen molar-refractivity contribution in [3.8, 4) is 0 Å². The van der Waals surface area contributed by atoms with Gasteiger partial charge in [0.1, 0.15) is 0 Å². The summed E-state index contributed by atoms with van der Waals surface area (Å²) in [5.41, 5.74) is 3.08. The highest BCUT2D eigenvalue weighted by atomic mass is 35.5. The van der Waals surface area contributed by atoms with Crippen molar-refractivity contribution in [1.29, 1.82) is 0 Å². The van der Waals surface area contributed by atoms with E-state index in [9.17, 15) is 4.79 Å². The fourth-order valence-corrected chi connectivity index (χ4v) is 3.58. The van der Waals surface area contributed by atoms with Crippen molar-refractivity contribution in [2.45, 2.75) is 38.8 Å². The summed E-state index contributed by atoms with van der Waals surface area (Å²) in [5.74, 6) is -0.0946. The van der Waals surface area contributed by atoms with Gasteiger partial charge < -0.3 is 10.2 Å². The number of carbonyl (C=O) groups is 1. The first-order valence-electron chi connectivity index (χ1n) is 9.50. The van der Waals surface area contributed by atoms with Crippen molar-refractivity contribution in [2.24, 2.45) is 0 Å². The molecule has 1 N–H and O–H groups in total. The second-order valence-electron chi connectivity index (χ2n) is 7.10. The number of hydrogen-bond acceptors (Lipinski definition) is 4. The second-order valence-corrected chi connectivity index (χ2v) is 7.46. The standard InChI is InChI=1S/C21H27ClN4O/c1-16(21(27)24-18-10-8-12-23-20(18)22)25(2)15-17-9-4-5-11-19(17)26-13-6-3-7-14-26/h4-5,8-12,16H,3,6-7,13-15H2,1-2H3,(H,24,27)/t16-/m1/s1. The lowest BCUT2D eigenvalue weighted by atomic mass is 10.1.